The Kier molecular flexibility index (Phi) is 2.32. The fourth-order valence-corrected chi connectivity index (χ4v) is 1.83. The molecule has 17 heavy (non-hydrogen) atoms. The average molecular weight is 235 g/mol. The van der Waals surface area contributed by atoms with Crippen LogP contribution in [0.5, 0.6) is 0 Å². The molecule has 0 aliphatic heterocycles. The molecule has 0 aromatic carbocycles. The van der Waals surface area contributed by atoms with Gasteiger partial charge in [0.25, 0.3) is 5.89 Å². The fraction of sp³-hybridized carbons (Fsp3) is 0.500. The van der Waals surface area contributed by atoms with Gasteiger partial charge in [-0.15, -0.1) is 0 Å². The highest BCUT2D eigenvalue weighted by Crippen LogP contribution is 2.42. The van der Waals surface area contributed by atoms with Gasteiger partial charge in [0.1, 0.15) is 17.5 Å². The standard InChI is InChI=1S/C10H13N5O2/c1-16-7(5-2-3-5)9-13-10(17-15-9)6-4-12-14-8(6)11/h4-5,7H,2-3H2,1H3,(H3,11,12,14). The summed E-state index contributed by atoms with van der Waals surface area (Å²) in [4.78, 5) is 4.30. The van der Waals surface area contributed by atoms with E-state index in [0.29, 0.717) is 29.0 Å². The van der Waals surface area contributed by atoms with Crippen LogP contribution in [-0.4, -0.2) is 27.4 Å². The Morgan fingerprint density at radius 2 is 2.41 bits per heavy atom. The zero-order valence-corrected chi connectivity index (χ0v) is 9.38. The molecule has 0 spiro atoms. The molecule has 1 saturated carbocycles. The van der Waals surface area contributed by atoms with E-state index in [0.717, 1.165) is 12.8 Å². The third kappa shape index (κ3) is 1.78. The molecular weight excluding hydrogens is 222 g/mol. The molecule has 3 rings (SSSR count). The molecule has 2 heterocycles. The smallest absolute Gasteiger partial charge is 0.263 e. The normalized spacial score (nSPS) is 17.2. The molecule has 0 saturated heterocycles. The lowest BCUT2D eigenvalue weighted by Gasteiger charge is -2.07. The van der Waals surface area contributed by atoms with Gasteiger partial charge in [0.15, 0.2) is 0 Å². The second kappa shape index (κ2) is 3.85. The molecule has 1 aliphatic rings. The van der Waals surface area contributed by atoms with Gasteiger partial charge in [-0.3, -0.25) is 5.10 Å². The molecule has 0 bridgehead atoms. The summed E-state index contributed by atoms with van der Waals surface area (Å²) in [6, 6.07) is 0. The van der Waals surface area contributed by atoms with Gasteiger partial charge < -0.3 is 15.0 Å². The Bertz CT molecular complexity index is 516. The number of hydrogen-bond acceptors (Lipinski definition) is 6. The maximum atomic E-state index is 5.69. The number of anilines is 1. The minimum absolute atomic E-state index is 0.0828. The van der Waals surface area contributed by atoms with Gasteiger partial charge in [0.05, 0.1) is 6.20 Å². The molecular formula is C10H13N5O2. The number of H-pyrrole nitrogens is 1. The van der Waals surface area contributed by atoms with Crippen LogP contribution in [0.2, 0.25) is 0 Å². The van der Waals surface area contributed by atoms with Crippen LogP contribution in [0, 0.1) is 5.92 Å². The minimum atomic E-state index is -0.0828. The Morgan fingerprint density at radius 1 is 1.59 bits per heavy atom. The quantitative estimate of drug-likeness (QED) is 0.823. The van der Waals surface area contributed by atoms with Crippen molar-refractivity contribution >= 4 is 5.82 Å². The summed E-state index contributed by atoms with van der Waals surface area (Å²) in [5.74, 6) is 1.87. The number of nitrogens with one attached hydrogen (secondary N) is 1. The lowest BCUT2D eigenvalue weighted by atomic mass is 10.2. The van der Waals surface area contributed by atoms with E-state index in [1.807, 2.05) is 0 Å². The number of hydrogen-bond donors (Lipinski definition) is 2. The van der Waals surface area contributed by atoms with Crippen molar-refractivity contribution < 1.29 is 9.26 Å². The topological polar surface area (TPSA) is 103 Å². The van der Waals surface area contributed by atoms with E-state index < -0.39 is 0 Å². The largest absolute Gasteiger partial charge is 0.383 e. The van der Waals surface area contributed by atoms with Gasteiger partial charge in [-0.1, -0.05) is 5.16 Å². The number of nitrogens with zero attached hydrogens (tertiary/aromatic N) is 3. The van der Waals surface area contributed by atoms with Crippen molar-refractivity contribution in [1.82, 2.24) is 20.3 Å². The predicted octanol–water partition coefficient (Wildman–Crippen LogP) is 1.14. The first-order valence-electron chi connectivity index (χ1n) is 5.45. The molecule has 1 fully saturated rings. The van der Waals surface area contributed by atoms with Gasteiger partial charge in [0.2, 0.25) is 5.82 Å². The van der Waals surface area contributed by atoms with Crippen molar-refractivity contribution in [3.8, 4) is 11.5 Å². The highest BCUT2D eigenvalue weighted by molar-refractivity contribution is 5.65. The summed E-state index contributed by atoms with van der Waals surface area (Å²) in [5, 5.41) is 10.4. The Hall–Kier alpha value is -1.89. The second-order valence-electron chi connectivity index (χ2n) is 4.15. The van der Waals surface area contributed by atoms with Crippen molar-refractivity contribution in [2.75, 3.05) is 12.8 Å². The molecule has 1 aliphatic carbocycles. The van der Waals surface area contributed by atoms with Gasteiger partial charge in [-0.2, -0.15) is 10.1 Å². The molecule has 1 atom stereocenters. The van der Waals surface area contributed by atoms with Gasteiger partial charge >= 0.3 is 0 Å². The van der Waals surface area contributed by atoms with Crippen LogP contribution >= 0.6 is 0 Å². The molecule has 90 valence electrons. The molecule has 1 unspecified atom stereocenters. The van der Waals surface area contributed by atoms with E-state index in [9.17, 15) is 0 Å². The van der Waals surface area contributed by atoms with E-state index in [4.69, 9.17) is 15.0 Å². The van der Waals surface area contributed by atoms with Crippen molar-refractivity contribution in [1.29, 1.82) is 0 Å². The molecule has 0 radical (unpaired) electrons. The van der Waals surface area contributed by atoms with Crippen molar-refractivity contribution in [3.63, 3.8) is 0 Å². The molecule has 2 aromatic heterocycles. The monoisotopic (exact) mass is 235 g/mol. The van der Waals surface area contributed by atoms with Gasteiger partial charge in [-0.25, -0.2) is 0 Å². The molecule has 7 nitrogen and oxygen atoms in total. The van der Waals surface area contributed by atoms with Crippen molar-refractivity contribution in [2.24, 2.45) is 5.92 Å². The summed E-state index contributed by atoms with van der Waals surface area (Å²) in [7, 11) is 1.66. The van der Waals surface area contributed by atoms with Crippen molar-refractivity contribution in [2.45, 2.75) is 18.9 Å². The van der Waals surface area contributed by atoms with Crippen LogP contribution in [0.3, 0.4) is 0 Å². The Labute approximate surface area is 97.3 Å². The lowest BCUT2D eigenvalue weighted by molar-refractivity contribution is 0.0751. The maximum absolute atomic E-state index is 5.69. The van der Waals surface area contributed by atoms with E-state index >= 15 is 0 Å². The number of aromatic amines is 1. The summed E-state index contributed by atoms with van der Waals surface area (Å²) in [5.41, 5.74) is 6.31. The zero-order chi connectivity index (χ0) is 11.8. The van der Waals surface area contributed by atoms with Crippen molar-refractivity contribution in [3.05, 3.63) is 12.0 Å². The van der Waals surface area contributed by atoms with Gasteiger partial charge in [-0.05, 0) is 18.8 Å². The molecule has 0 amide bonds. The summed E-state index contributed by atoms with van der Waals surface area (Å²) in [6.45, 7) is 0. The molecule has 2 aromatic rings. The first kappa shape index (κ1) is 10.3. The first-order chi connectivity index (χ1) is 8.29. The fourth-order valence-electron chi connectivity index (χ4n) is 1.83. The van der Waals surface area contributed by atoms with E-state index in [-0.39, 0.29) is 6.10 Å². The van der Waals surface area contributed by atoms with Crippen LogP contribution in [0.4, 0.5) is 5.82 Å². The van der Waals surface area contributed by atoms with Crippen LogP contribution in [0.25, 0.3) is 11.5 Å². The Balaban J connectivity index is 1.89. The van der Waals surface area contributed by atoms with E-state index in [1.165, 1.54) is 0 Å². The number of aromatic nitrogens is 4. The third-order valence-corrected chi connectivity index (χ3v) is 2.90. The maximum Gasteiger partial charge on any atom is 0.263 e. The average Bonchev–Trinajstić information content (AvgIpc) is 2.87. The summed E-state index contributed by atoms with van der Waals surface area (Å²) in [6.07, 6.45) is 3.78. The number of nitrogens with two attached hydrogens (primary N) is 1. The number of nitrogen functional groups attached to an aromatic ring is 1. The van der Waals surface area contributed by atoms with E-state index in [1.54, 1.807) is 13.3 Å². The highest BCUT2D eigenvalue weighted by atomic mass is 16.5. The number of rotatable bonds is 4. The van der Waals surface area contributed by atoms with Gasteiger partial charge in [0, 0.05) is 7.11 Å². The first-order valence-corrected chi connectivity index (χ1v) is 5.45. The number of ether oxygens (including phenoxy) is 1. The SMILES string of the molecule is COC(c1noc(-c2cn[nH]c2N)n1)C1CC1. The molecule has 7 heteroatoms. The van der Waals surface area contributed by atoms with Crippen LogP contribution in [-0.2, 0) is 4.74 Å². The second-order valence-corrected chi connectivity index (χ2v) is 4.15. The lowest BCUT2D eigenvalue weighted by Crippen LogP contribution is -2.05. The molecule has 3 N–H and O–H groups in total. The summed E-state index contributed by atoms with van der Waals surface area (Å²) < 4.78 is 10.6. The van der Waals surface area contributed by atoms with Crippen LogP contribution < -0.4 is 5.73 Å². The summed E-state index contributed by atoms with van der Waals surface area (Å²) >= 11 is 0. The van der Waals surface area contributed by atoms with Crippen LogP contribution in [0.15, 0.2) is 10.7 Å². The minimum Gasteiger partial charge on any atom is -0.383 e. The third-order valence-electron chi connectivity index (χ3n) is 2.90. The van der Waals surface area contributed by atoms with Crippen LogP contribution in [0.1, 0.15) is 24.8 Å². The Morgan fingerprint density at radius 3 is 3.00 bits per heavy atom. The zero-order valence-electron chi connectivity index (χ0n) is 9.38. The highest BCUT2D eigenvalue weighted by Gasteiger charge is 2.35. The number of methoxy groups -OCH3 is 1. The van der Waals surface area contributed by atoms with E-state index in [2.05, 4.69) is 20.3 Å². The predicted molar refractivity (Wildman–Crippen MR) is 58.8 cm³/mol.